The minimum absolute atomic E-state index is 0.308. The highest BCUT2D eigenvalue weighted by Gasteiger charge is 2.21. The predicted molar refractivity (Wildman–Crippen MR) is 47.4 cm³/mol. The van der Waals surface area contributed by atoms with Crippen LogP contribution in [0.5, 0.6) is 0 Å². The Balaban J connectivity index is 4.47. The maximum Gasteiger partial charge on any atom is 0.421 e. The molecule has 0 aromatic rings. The number of nitrogens with one attached hydrogen (secondary N) is 1. The van der Waals surface area contributed by atoms with Gasteiger partial charge in [-0.15, -0.1) is 0 Å². The van der Waals surface area contributed by atoms with Crippen molar-refractivity contribution in [1.82, 2.24) is 9.03 Å². The van der Waals surface area contributed by atoms with Crippen LogP contribution in [-0.4, -0.2) is 39.0 Å². The van der Waals surface area contributed by atoms with Crippen molar-refractivity contribution in [2.24, 2.45) is 0 Å². The summed E-state index contributed by atoms with van der Waals surface area (Å²) < 4.78 is 29.6. The zero-order valence-corrected chi connectivity index (χ0v) is 8.72. The molecule has 0 aliphatic carbocycles. The second kappa shape index (κ2) is 5.03. The van der Waals surface area contributed by atoms with Crippen LogP contribution in [0.25, 0.3) is 0 Å². The molecular weight excluding hydrogens is 196 g/mol. The fraction of sp³-hybridized carbons (Fsp3) is 0.833. The molecule has 0 aliphatic rings. The molecule has 0 aromatic heterocycles. The summed E-state index contributed by atoms with van der Waals surface area (Å²) in [5.74, 6) is 0. The van der Waals surface area contributed by atoms with Crippen molar-refractivity contribution < 1.29 is 17.9 Å². The minimum Gasteiger partial charge on any atom is -0.452 e. The van der Waals surface area contributed by atoms with Crippen molar-refractivity contribution in [3.8, 4) is 0 Å². The van der Waals surface area contributed by atoms with E-state index in [-0.39, 0.29) is 0 Å². The summed E-state index contributed by atoms with van der Waals surface area (Å²) in [5, 5.41) is 0. The van der Waals surface area contributed by atoms with Gasteiger partial charge in [0.25, 0.3) is 0 Å². The molecule has 0 radical (unpaired) electrons. The van der Waals surface area contributed by atoms with Gasteiger partial charge in [-0.25, -0.2) is 9.52 Å². The standard InChI is InChI=1S/C6H14N2O4S/c1-4-8(5-2)13(10,11)7-6(9)12-3/h4-5H2,1-3H3,(H,7,9). The zero-order valence-electron chi connectivity index (χ0n) is 7.90. The molecule has 0 spiro atoms. The fourth-order valence-electron chi connectivity index (χ4n) is 0.775. The van der Waals surface area contributed by atoms with Gasteiger partial charge in [-0.2, -0.15) is 12.7 Å². The summed E-state index contributed by atoms with van der Waals surface area (Å²) in [7, 11) is -2.62. The molecule has 0 saturated heterocycles. The summed E-state index contributed by atoms with van der Waals surface area (Å²) in [6, 6.07) is 0. The molecule has 7 heteroatoms. The van der Waals surface area contributed by atoms with Crippen LogP contribution >= 0.6 is 0 Å². The number of methoxy groups -OCH3 is 1. The van der Waals surface area contributed by atoms with Gasteiger partial charge in [-0.05, 0) is 0 Å². The van der Waals surface area contributed by atoms with Gasteiger partial charge in [-0.1, -0.05) is 13.8 Å². The van der Waals surface area contributed by atoms with Crippen LogP contribution in [0.2, 0.25) is 0 Å². The highest BCUT2D eigenvalue weighted by Crippen LogP contribution is 1.96. The summed E-state index contributed by atoms with van der Waals surface area (Å²) in [6.07, 6.45) is -0.980. The quantitative estimate of drug-likeness (QED) is 0.704. The number of hydrogen-bond donors (Lipinski definition) is 1. The van der Waals surface area contributed by atoms with Crippen LogP contribution in [0.3, 0.4) is 0 Å². The van der Waals surface area contributed by atoms with E-state index in [1.54, 1.807) is 18.6 Å². The third kappa shape index (κ3) is 3.60. The molecule has 6 nitrogen and oxygen atoms in total. The highest BCUT2D eigenvalue weighted by molar-refractivity contribution is 7.87. The second-order valence-corrected chi connectivity index (χ2v) is 3.85. The number of carbonyl (C=O) groups is 1. The zero-order chi connectivity index (χ0) is 10.5. The highest BCUT2D eigenvalue weighted by atomic mass is 32.2. The average Bonchev–Trinajstić information content (AvgIpc) is 2.05. The molecule has 1 N–H and O–H groups in total. The Hall–Kier alpha value is -0.820. The van der Waals surface area contributed by atoms with Gasteiger partial charge < -0.3 is 4.74 Å². The predicted octanol–water partition coefficient (Wildman–Crippen LogP) is -0.0710. The SMILES string of the molecule is CCN(CC)S(=O)(=O)NC(=O)OC. The van der Waals surface area contributed by atoms with Crippen molar-refractivity contribution in [1.29, 1.82) is 0 Å². The molecule has 0 rings (SSSR count). The van der Waals surface area contributed by atoms with E-state index in [1.807, 2.05) is 0 Å². The lowest BCUT2D eigenvalue weighted by atomic mass is 10.7. The van der Waals surface area contributed by atoms with E-state index >= 15 is 0 Å². The van der Waals surface area contributed by atoms with E-state index < -0.39 is 16.3 Å². The summed E-state index contributed by atoms with van der Waals surface area (Å²) in [5.41, 5.74) is 0. The number of hydrogen-bond acceptors (Lipinski definition) is 4. The van der Waals surface area contributed by atoms with E-state index in [0.29, 0.717) is 13.1 Å². The molecule has 0 bridgehead atoms. The van der Waals surface area contributed by atoms with Gasteiger partial charge in [0.05, 0.1) is 7.11 Å². The molecule has 78 valence electrons. The van der Waals surface area contributed by atoms with Crippen molar-refractivity contribution in [3.63, 3.8) is 0 Å². The molecular formula is C6H14N2O4S. The Morgan fingerprint density at radius 1 is 1.38 bits per heavy atom. The van der Waals surface area contributed by atoms with Gasteiger partial charge in [0.15, 0.2) is 0 Å². The Kier molecular flexibility index (Phi) is 4.71. The van der Waals surface area contributed by atoms with Gasteiger partial charge in [0.2, 0.25) is 0 Å². The van der Waals surface area contributed by atoms with Crippen molar-refractivity contribution in [2.75, 3.05) is 20.2 Å². The first-order valence-electron chi connectivity index (χ1n) is 3.83. The molecule has 0 aliphatic heterocycles. The maximum atomic E-state index is 11.3. The first-order valence-corrected chi connectivity index (χ1v) is 5.27. The number of carbonyl (C=O) groups excluding carboxylic acids is 1. The third-order valence-corrected chi connectivity index (χ3v) is 3.06. The Morgan fingerprint density at radius 3 is 2.15 bits per heavy atom. The van der Waals surface area contributed by atoms with Crippen LogP contribution in [0.4, 0.5) is 4.79 Å². The second-order valence-electron chi connectivity index (χ2n) is 2.18. The Bertz CT molecular complexity index is 258. The van der Waals surface area contributed by atoms with Crippen LogP contribution < -0.4 is 4.72 Å². The minimum atomic E-state index is -3.73. The number of rotatable bonds is 4. The lowest BCUT2D eigenvalue weighted by Crippen LogP contribution is -2.43. The summed E-state index contributed by atoms with van der Waals surface area (Å²) in [4.78, 5) is 10.6. The van der Waals surface area contributed by atoms with Crippen molar-refractivity contribution >= 4 is 16.3 Å². The van der Waals surface area contributed by atoms with Gasteiger partial charge >= 0.3 is 16.3 Å². The molecule has 0 aromatic carbocycles. The van der Waals surface area contributed by atoms with Crippen LogP contribution in [0, 0.1) is 0 Å². The average molecular weight is 210 g/mol. The summed E-state index contributed by atoms with van der Waals surface area (Å²) >= 11 is 0. The molecule has 13 heavy (non-hydrogen) atoms. The number of amides is 1. The van der Waals surface area contributed by atoms with Gasteiger partial charge in [0.1, 0.15) is 0 Å². The lowest BCUT2D eigenvalue weighted by molar-refractivity contribution is 0.177. The molecule has 0 fully saturated rings. The van der Waals surface area contributed by atoms with E-state index in [1.165, 1.54) is 0 Å². The van der Waals surface area contributed by atoms with Crippen LogP contribution in [0.15, 0.2) is 0 Å². The monoisotopic (exact) mass is 210 g/mol. The van der Waals surface area contributed by atoms with Gasteiger partial charge in [0, 0.05) is 13.1 Å². The van der Waals surface area contributed by atoms with E-state index in [0.717, 1.165) is 11.4 Å². The van der Waals surface area contributed by atoms with Crippen molar-refractivity contribution in [3.05, 3.63) is 0 Å². The topological polar surface area (TPSA) is 75.7 Å². The molecule has 0 atom stereocenters. The Labute approximate surface area is 78.0 Å². The fourth-order valence-corrected chi connectivity index (χ4v) is 1.88. The smallest absolute Gasteiger partial charge is 0.421 e. The lowest BCUT2D eigenvalue weighted by Gasteiger charge is -2.17. The van der Waals surface area contributed by atoms with E-state index in [2.05, 4.69) is 4.74 Å². The summed E-state index contributed by atoms with van der Waals surface area (Å²) in [6.45, 7) is 3.98. The van der Waals surface area contributed by atoms with Crippen LogP contribution in [-0.2, 0) is 14.9 Å². The normalized spacial score (nSPS) is 11.4. The first kappa shape index (κ1) is 12.2. The molecule has 0 unspecified atom stereocenters. The molecule has 1 amide bonds. The first-order chi connectivity index (χ1) is 5.97. The number of nitrogens with zero attached hydrogens (tertiary/aromatic N) is 1. The Morgan fingerprint density at radius 2 is 1.85 bits per heavy atom. The van der Waals surface area contributed by atoms with E-state index in [9.17, 15) is 13.2 Å². The van der Waals surface area contributed by atoms with Crippen LogP contribution in [0.1, 0.15) is 13.8 Å². The third-order valence-electron chi connectivity index (χ3n) is 1.44. The van der Waals surface area contributed by atoms with Gasteiger partial charge in [-0.3, -0.25) is 0 Å². The molecule has 0 saturated carbocycles. The molecule has 0 heterocycles. The maximum absolute atomic E-state index is 11.3. The van der Waals surface area contributed by atoms with E-state index in [4.69, 9.17) is 0 Å². The van der Waals surface area contributed by atoms with Crippen molar-refractivity contribution in [2.45, 2.75) is 13.8 Å². The number of ether oxygens (including phenoxy) is 1. The largest absolute Gasteiger partial charge is 0.452 e.